The number of nitrogens with one attached hydrogen (secondary N) is 1. The third-order valence-corrected chi connectivity index (χ3v) is 4.40. The molecule has 0 spiro atoms. The molecule has 15 heavy (non-hydrogen) atoms. The minimum Gasteiger partial charge on any atom is -0.352 e. The standard InChI is InChI=1S/C11H22N2OS/c1-4-11(2,12)10(14)13-8-5-6-9(7-8)15-3/h8-9H,4-7,12H2,1-3H3,(H,13,14). The minimum atomic E-state index is -0.711. The minimum absolute atomic E-state index is 0.00301. The van der Waals surface area contributed by atoms with Crippen molar-refractivity contribution in [2.24, 2.45) is 5.73 Å². The molecule has 0 radical (unpaired) electrons. The lowest BCUT2D eigenvalue weighted by Crippen LogP contribution is -2.53. The van der Waals surface area contributed by atoms with E-state index in [1.165, 1.54) is 6.42 Å². The molecular weight excluding hydrogens is 208 g/mol. The molecule has 4 heteroatoms. The number of amides is 1. The molecule has 3 N–H and O–H groups in total. The monoisotopic (exact) mass is 230 g/mol. The molecule has 1 aliphatic carbocycles. The Bertz CT molecular complexity index is 231. The molecule has 1 amide bonds. The lowest BCUT2D eigenvalue weighted by Gasteiger charge is -2.24. The zero-order chi connectivity index (χ0) is 11.5. The summed E-state index contributed by atoms with van der Waals surface area (Å²) in [6.07, 6.45) is 6.20. The quantitative estimate of drug-likeness (QED) is 0.770. The van der Waals surface area contributed by atoms with Crippen LogP contribution in [0.2, 0.25) is 0 Å². The van der Waals surface area contributed by atoms with Crippen LogP contribution in [0.1, 0.15) is 39.5 Å². The third kappa shape index (κ3) is 3.38. The van der Waals surface area contributed by atoms with Crippen molar-refractivity contribution in [3.05, 3.63) is 0 Å². The summed E-state index contributed by atoms with van der Waals surface area (Å²) >= 11 is 1.89. The molecular formula is C11H22N2OS. The predicted octanol–water partition coefficient (Wildman–Crippen LogP) is 1.51. The first-order valence-electron chi connectivity index (χ1n) is 5.62. The molecule has 0 bridgehead atoms. The van der Waals surface area contributed by atoms with Crippen LogP contribution in [0.4, 0.5) is 0 Å². The molecule has 1 rings (SSSR count). The van der Waals surface area contributed by atoms with E-state index in [1.807, 2.05) is 18.7 Å². The van der Waals surface area contributed by atoms with E-state index < -0.39 is 5.54 Å². The molecule has 0 aliphatic heterocycles. The van der Waals surface area contributed by atoms with E-state index in [0.29, 0.717) is 17.7 Å². The number of rotatable bonds is 4. The summed E-state index contributed by atoms with van der Waals surface area (Å²) in [5.74, 6) is -0.00301. The zero-order valence-electron chi connectivity index (χ0n) is 9.88. The molecule has 3 atom stereocenters. The van der Waals surface area contributed by atoms with Crippen LogP contribution >= 0.6 is 11.8 Å². The molecule has 88 valence electrons. The van der Waals surface area contributed by atoms with E-state index in [2.05, 4.69) is 11.6 Å². The second-order valence-electron chi connectivity index (χ2n) is 4.61. The van der Waals surface area contributed by atoms with Gasteiger partial charge in [-0.15, -0.1) is 0 Å². The molecule has 0 aromatic heterocycles. The third-order valence-electron chi connectivity index (χ3n) is 3.31. The number of thioether (sulfide) groups is 1. The molecule has 0 saturated heterocycles. The molecule has 1 fully saturated rings. The maximum atomic E-state index is 11.8. The van der Waals surface area contributed by atoms with Gasteiger partial charge in [-0.05, 0) is 38.9 Å². The fraction of sp³-hybridized carbons (Fsp3) is 0.909. The number of nitrogens with two attached hydrogens (primary N) is 1. The summed E-state index contributed by atoms with van der Waals surface area (Å²) in [4.78, 5) is 11.8. The van der Waals surface area contributed by atoms with E-state index in [0.717, 1.165) is 12.8 Å². The summed E-state index contributed by atoms with van der Waals surface area (Å²) in [6.45, 7) is 3.74. The van der Waals surface area contributed by atoms with Crippen LogP contribution in [0.5, 0.6) is 0 Å². The maximum Gasteiger partial charge on any atom is 0.240 e. The SMILES string of the molecule is CCC(C)(N)C(=O)NC1CCC(SC)C1. The van der Waals surface area contributed by atoms with Crippen LogP contribution in [0.3, 0.4) is 0 Å². The van der Waals surface area contributed by atoms with Gasteiger partial charge in [-0.2, -0.15) is 11.8 Å². The molecule has 0 aromatic rings. The lowest BCUT2D eigenvalue weighted by atomic mass is 9.99. The van der Waals surface area contributed by atoms with Gasteiger partial charge in [-0.1, -0.05) is 6.92 Å². The highest BCUT2D eigenvalue weighted by Gasteiger charge is 2.31. The van der Waals surface area contributed by atoms with Gasteiger partial charge in [0, 0.05) is 11.3 Å². The van der Waals surface area contributed by atoms with Crippen molar-refractivity contribution >= 4 is 17.7 Å². The Hall–Kier alpha value is -0.220. The summed E-state index contributed by atoms with van der Waals surface area (Å²) in [6, 6.07) is 0.337. The number of carbonyl (C=O) groups is 1. The number of carbonyl (C=O) groups excluding carboxylic acids is 1. The predicted molar refractivity (Wildman–Crippen MR) is 66.0 cm³/mol. The molecule has 3 unspecified atom stereocenters. The first-order valence-corrected chi connectivity index (χ1v) is 6.91. The molecule has 1 aliphatic rings. The van der Waals surface area contributed by atoms with Gasteiger partial charge in [0.25, 0.3) is 0 Å². The average molecular weight is 230 g/mol. The summed E-state index contributed by atoms with van der Waals surface area (Å²) in [7, 11) is 0. The lowest BCUT2D eigenvalue weighted by molar-refractivity contribution is -0.126. The van der Waals surface area contributed by atoms with E-state index >= 15 is 0 Å². The van der Waals surface area contributed by atoms with Crippen molar-refractivity contribution < 1.29 is 4.79 Å². The fourth-order valence-corrected chi connectivity index (χ4v) is 2.59. The van der Waals surface area contributed by atoms with Crippen molar-refractivity contribution in [3.8, 4) is 0 Å². The summed E-state index contributed by atoms with van der Waals surface area (Å²) < 4.78 is 0. The van der Waals surface area contributed by atoms with Crippen LogP contribution in [0.25, 0.3) is 0 Å². The van der Waals surface area contributed by atoms with Crippen LogP contribution in [0, 0.1) is 0 Å². The Labute approximate surface area is 96.6 Å². The van der Waals surface area contributed by atoms with Gasteiger partial charge in [-0.3, -0.25) is 4.79 Å². The highest BCUT2D eigenvalue weighted by Crippen LogP contribution is 2.28. The van der Waals surface area contributed by atoms with Crippen LogP contribution < -0.4 is 11.1 Å². The number of hydrogen-bond donors (Lipinski definition) is 2. The Morgan fingerprint density at radius 1 is 1.60 bits per heavy atom. The van der Waals surface area contributed by atoms with Gasteiger partial charge in [-0.25, -0.2) is 0 Å². The van der Waals surface area contributed by atoms with Gasteiger partial charge in [0.15, 0.2) is 0 Å². The van der Waals surface area contributed by atoms with E-state index in [-0.39, 0.29) is 5.91 Å². The molecule has 3 nitrogen and oxygen atoms in total. The van der Waals surface area contributed by atoms with E-state index in [9.17, 15) is 4.79 Å². The maximum absolute atomic E-state index is 11.8. The van der Waals surface area contributed by atoms with Gasteiger partial charge in [0.05, 0.1) is 5.54 Å². The molecule has 1 saturated carbocycles. The Balaban J connectivity index is 2.40. The van der Waals surface area contributed by atoms with Gasteiger partial charge >= 0.3 is 0 Å². The summed E-state index contributed by atoms with van der Waals surface area (Å²) in [5.41, 5.74) is 5.18. The van der Waals surface area contributed by atoms with E-state index in [4.69, 9.17) is 5.73 Å². The van der Waals surface area contributed by atoms with Crippen LogP contribution in [-0.2, 0) is 4.79 Å². The molecule has 0 heterocycles. The molecule has 0 aromatic carbocycles. The van der Waals surface area contributed by atoms with Crippen molar-refractivity contribution in [1.82, 2.24) is 5.32 Å². The Morgan fingerprint density at radius 2 is 2.27 bits per heavy atom. The second kappa shape index (κ2) is 5.21. The fourth-order valence-electron chi connectivity index (χ4n) is 1.80. The van der Waals surface area contributed by atoms with Gasteiger partial charge < -0.3 is 11.1 Å². The van der Waals surface area contributed by atoms with Crippen molar-refractivity contribution in [3.63, 3.8) is 0 Å². The summed E-state index contributed by atoms with van der Waals surface area (Å²) in [5, 5.41) is 3.77. The Morgan fingerprint density at radius 3 is 2.73 bits per heavy atom. The topological polar surface area (TPSA) is 55.1 Å². The Kier molecular flexibility index (Phi) is 4.46. The van der Waals surface area contributed by atoms with E-state index in [1.54, 1.807) is 6.92 Å². The van der Waals surface area contributed by atoms with Crippen LogP contribution in [0.15, 0.2) is 0 Å². The van der Waals surface area contributed by atoms with Gasteiger partial charge in [0.2, 0.25) is 5.91 Å². The average Bonchev–Trinajstić information content (AvgIpc) is 2.65. The van der Waals surface area contributed by atoms with Crippen LogP contribution in [-0.4, -0.2) is 29.0 Å². The second-order valence-corrected chi connectivity index (χ2v) is 5.75. The van der Waals surface area contributed by atoms with Gasteiger partial charge in [0.1, 0.15) is 0 Å². The highest BCUT2D eigenvalue weighted by molar-refractivity contribution is 7.99. The van der Waals surface area contributed by atoms with Crippen molar-refractivity contribution in [2.75, 3.05) is 6.26 Å². The first-order chi connectivity index (χ1) is 6.99. The zero-order valence-corrected chi connectivity index (χ0v) is 10.7. The van der Waals surface area contributed by atoms with Crippen molar-refractivity contribution in [2.45, 2.75) is 56.4 Å². The first kappa shape index (κ1) is 12.8. The van der Waals surface area contributed by atoms with Crippen molar-refractivity contribution in [1.29, 1.82) is 0 Å². The normalized spacial score (nSPS) is 29.9. The largest absolute Gasteiger partial charge is 0.352 e. The smallest absolute Gasteiger partial charge is 0.240 e. The number of hydrogen-bond acceptors (Lipinski definition) is 3. The highest BCUT2D eigenvalue weighted by atomic mass is 32.2.